The maximum Gasteiger partial charge on any atom is 0.172 e. The van der Waals surface area contributed by atoms with Crippen LogP contribution in [0.1, 0.15) is 77.2 Å². The Kier molecular flexibility index (Phi) is 7.69. The van der Waals surface area contributed by atoms with Crippen LogP contribution in [0.15, 0.2) is 42.5 Å². The summed E-state index contributed by atoms with van der Waals surface area (Å²) in [6.07, 6.45) is 18.4. The molecule has 0 aliphatic heterocycles. The van der Waals surface area contributed by atoms with E-state index in [4.69, 9.17) is 4.74 Å². The van der Waals surface area contributed by atoms with Crippen LogP contribution < -0.4 is 4.74 Å². The highest BCUT2D eigenvalue weighted by atomic mass is 19.1. The van der Waals surface area contributed by atoms with E-state index in [1.54, 1.807) is 6.07 Å². The molecule has 2 saturated carbocycles. The zero-order valence-electron chi connectivity index (χ0n) is 19.4. The summed E-state index contributed by atoms with van der Waals surface area (Å²) in [5.41, 5.74) is 1.33. The molecule has 31 heavy (non-hydrogen) atoms. The SMILES string of the molecule is C/C=C/C1CCC(C2CCC(CCc3ccc4c(F)c(OCC)ccc4c3)CC2)CC1. The van der Waals surface area contributed by atoms with E-state index < -0.39 is 0 Å². The normalized spacial score (nSPS) is 27.1. The van der Waals surface area contributed by atoms with E-state index in [9.17, 15) is 4.39 Å². The summed E-state index contributed by atoms with van der Waals surface area (Å²) >= 11 is 0. The smallest absolute Gasteiger partial charge is 0.172 e. The fourth-order valence-electron chi connectivity index (χ4n) is 6.14. The second-order valence-electron chi connectivity index (χ2n) is 9.89. The van der Waals surface area contributed by atoms with Gasteiger partial charge in [-0.15, -0.1) is 0 Å². The van der Waals surface area contributed by atoms with Crippen LogP contribution in [0.5, 0.6) is 5.75 Å². The molecule has 0 aromatic heterocycles. The monoisotopic (exact) mass is 422 g/mol. The Labute approximate surface area is 188 Å². The fourth-order valence-corrected chi connectivity index (χ4v) is 6.14. The predicted molar refractivity (Wildman–Crippen MR) is 129 cm³/mol. The van der Waals surface area contributed by atoms with Crippen LogP contribution in [0.2, 0.25) is 0 Å². The minimum Gasteiger partial charge on any atom is -0.491 e. The van der Waals surface area contributed by atoms with E-state index in [2.05, 4.69) is 31.2 Å². The van der Waals surface area contributed by atoms with Crippen molar-refractivity contribution in [2.75, 3.05) is 6.61 Å². The maximum atomic E-state index is 14.6. The summed E-state index contributed by atoms with van der Waals surface area (Å²) in [6.45, 7) is 4.53. The molecular weight excluding hydrogens is 383 g/mol. The topological polar surface area (TPSA) is 9.23 Å². The van der Waals surface area contributed by atoms with Gasteiger partial charge in [0, 0.05) is 5.39 Å². The molecule has 2 heteroatoms. The molecule has 0 spiro atoms. The number of halogens is 1. The van der Waals surface area contributed by atoms with Gasteiger partial charge in [-0.25, -0.2) is 4.39 Å². The molecule has 0 radical (unpaired) electrons. The molecule has 0 bridgehead atoms. The Hall–Kier alpha value is -1.83. The molecule has 0 N–H and O–H groups in total. The minimum atomic E-state index is -0.232. The average Bonchev–Trinajstić information content (AvgIpc) is 2.81. The van der Waals surface area contributed by atoms with Crippen LogP contribution in [0, 0.1) is 29.5 Å². The van der Waals surface area contributed by atoms with Gasteiger partial charge in [0.05, 0.1) is 6.61 Å². The van der Waals surface area contributed by atoms with Gasteiger partial charge < -0.3 is 4.74 Å². The summed E-state index contributed by atoms with van der Waals surface area (Å²) in [5.74, 6) is 3.80. The molecule has 0 atom stereocenters. The molecule has 0 unspecified atom stereocenters. The average molecular weight is 423 g/mol. The number of hydrogen-bond acceptors (Lipinski definition) is 1. The molecule has 2 aliphatic carbocycles. The first-order chi connectivity index (χ1) is 15.2. The minimum absolute atomic E-state index is 0.232. The molecule has 4 rings (SSSR count). The molecule has 168 valence electrons. The highest BCUT2D eigenvalue weighted by molar-refractivity contribution is 5.85. The summed E-state index contributed by atoms with van der Waals surface area (Å²) < 4.78 is 20.0. The largest absolute Gasteiger partial charge is 0.491 e. The van der Waals surface area contributed by atoms with Crippen LogP contribution in [-0.2, 0) is 6.42 Å². The number of fused-ring (bicyclic) bond motifs is 1. The highest BCUT2D eigenvalue weighted by Crippen LogP contribution is 2.42. The Balaban J connectivity index is 1.26. The van der Waals surface area contributed by atoms with Crippen LogP contribution in [0.3, 0.4) is 0 Å². The molecular formula is C29H39FO. The van der Waals surface area contributed by atoms with Crippen molar-refractivity contribution in [3.8, 4) is 5.75 Å². The number of benzene rings is 2. The van der Waals surface area contributed by atoms with E-state index in [0.29, 0.717) is 17.7 Å². The van der Waals surface area contributed by atoms with Gasteiger partial charge in [-0.1, -0.05) is 49.3 Å². The molecule has 1 nitrogen and oxygen atoms in total. The van der Waals surface area contributed by atoms with Crippen molar-refractivity contribution >= 4 is 10.8 Å². The van der Waals surface area contributed by atoms with E-state index in [1.165, 1.54) is 63.4 Å². The molecule has 0 amide bonds. The van der Waals surface area contributed by atoms with Crippen molar-refractivity contribution in [2.45, 2.75) is 78.1 Å². The summed E-state index contributed by atoms with van der Waals surface area (Å²) in [6, 6.07) is 9.96. The Morgan fingerprint density at radius 1 is 0.935 bits per heavy atom. The van der Waals surface area contributed by atoms with Crippen molar-refractivity contribution in [2.24, 2.45) is 23.7 Å². The number of ether oxygens (including phenoxy) is 1. The first-order valence-corrected chi connectivity index (χ1v) is 12.6. The van der Waals surface area contributed by atoms with E-state index in [0.717, 1.165) is 35.5 Å². The zero-order valence-corrected chi connectivity index (χ0v) is 19.4. The van der Waals surface area contributed by atoms with Gasteiger partial charge in [-0.2, -0.15) is 0 Å². The Morgan fingerprint density at radius 2 is 1.65 bits per heavy atom. The van der Waals surface area contributed by atoms with Gasteiger partial charge in [-0.05, 0) is 106 Å². The lowest BCUT2D eigenvalue weighted by molar-refractivity contribution is 0.152. The van der Waals surface area contributed by atoms with Gasteiger partial charge in [0.2, 0.25) is 0 Å². The second kappa shape index (κ2) is 10.7. The van der Waals surface area contributed by atoms with E-state index in [1.807, 2.05) is 19.1 Å². The van der Waals surface area contributed by atoms with Gasteiger partial charge in [0.25, 0.3) is 0 Å². The Bertz CT molecular complexity index is 870. The number of rotatable bonds is 7. The van der Waals surface area contributed by atoms with Gasteiger partial charge in [0.1, 0.15) is 0 Å². The van der Waals surface area contributed by atoms with Crippen LogP contribution in [0.4, 0.5) is 4.39 Å². The van der Waals surface area contributed by atoms with Gasteiger partial charge in [-0.3, -0.25) is 0 Å². The molecule has 2 fully saturated rings. The second-order valence-corrected chi connectivity index (χ2v) is 9.89. The van der Waals surface area contributed by atoms with Gasteiger partial charge in [0.15, 0.2) is 11.6 Å². The quantitative estimate of drug-likeness (QED) is 0.406. The van der Waals surface area contributed by atoms with Crippen LogP contribution in [-0.4, -0.2) is 6.61 Å². The molecule has 2 aromatic rings. The first kappa shape index (κ1) is 22.4. The lowest BCUT2D eigenvalue weighted by Crippen LogP contribution is -2.25. The summed E-state index contributed by atoms with van der Waals surface area (Å²) in [4.78, 5) is 0. The zero-order chi connectivity index (χ0) is 21.6. The van der Waals surface area contributed by atoms with Crippen molar-refractivity contribution in [3.05, 3.63) is 53.9 Å². The van der Waals surface area contributed by atoms with E-state index >= 15 is 0 Å². The summed E-state index contributed by atoms with van der Waals surface area (Å²) in [5, 5.41) is 1.65. The number of aryl methyl sites for hydroxylation is 1. The third kappa shape index (κ3) is 5.51. The van der Waals surface area contributed by atoms with Crippen molar-refractivity contribution < 1.29 is 9.13 Å². The number of hydrogen-bond donors (Lipinski definition) is 0. The van der Waals surface area contributed by atoms with Crippen LogP contribution in [0.25, 0.3) is 10.8 Å². The first-order valence-electron chi connectivity index (χ1n) is 12.6. The Morgan fingerprint density at radius 3 is 2.32 bits per heavy atom. The van der Waals surface area contributed by atoms with Crippen LogP contribution >= 0.6 is 0 Å². The lowest BCUT2D eigenvalue weighted by Gasteiger charge is -2.37. The molecule has 2 aliphatic rings. The van der Waals surface area contributed by atoms with Gasteiger partial charge >= 0.3 is 0 Å². The maximum absolute atomic E-state index is 14.6. The van der Waals surface area contributed by atoms with E-state index in [-0.39, 0.29) is 5.82 Å². The lowest BCUT2D eigenvalue weighted by atomic mass is 9.68. The molecule has 2 aromatic carbocycles. The standard InChI is InChI=1S/C29H39FO/c1-3-5-21-8-13-24(14-9-21)25-15-10-22(11-16-25)6-7-23-12-18-27-26(20-23)17-19-28(29(27)30)31-4-2/h3,5,12,17-22,24-25H,4,6-11,13-16H2,1-2H3/b5-3+. The predicted octanol–water partition coefficient (Wildman–Crippen LogP) is 8.50. The third-order valence-electron chi connectivity index (χ3n) is 7.96. The third-order valence-corrected chi connectivity index (χ3v) is 7.96. The highest BCUT2D eigenvalue weighted by Gasteiger charge is 2.30. The van der Waals surface area contributed by atoms with Crippen molar-refractivity contribution in [3.63, 3.8) is 0 Å². The fraction of sp³-hybridized carbons (Fsp3) is 0.586. The molecule has 0 saturated heterocycles. The summed E-state index contributed by atoms with van der Waals surface area (Å²) in [7, 11) is 0. The van der Waals surface area contributed by atoms with Crippen molar-refractivity contribution in [1.82, 2.24) is 0 Å². The molecule has 0 heterocycles. The van der Waals surface area contributed by atoms with Crippen molar-refractivity contribution in [1.29, 1.82) is 0 Å². The number of allylic oxidation sites excluding steroid dienone is 2.